The van der Waals surface area contributed by atoms with Crippen LogP contribution in [0, 0.1) is 0 Å². The number of imidazole rings is 1. The highest BCUT2D eigenvalue weighted by Gasteiger charge is 1.97. The number of H-pyrrole nitrogens is 1. The van der Waals surface area contributed by atoms with Crippen LogP contribution >= 0.6 is 27.3 Å². The Morgan fingerprint density at radius 3 is 3.07 bits per heavy atom. The molecule has 0 aromatic carbocycles. The van der Waals surface area contributed by atoms with Gasteiger partial charge >= 0.3 is 0 Å². The minimum atomic E-state index is 0.778. The van der Waals surface area contributed by atoms with Crippen LogP contribution < -0.4 is 5.32 Å². The summed E-state index contributed by atoms with van der Waals surface area (Å²) in [7, 11) is 0. The molecule has 0 fully saturated rings. The second-order valence-corrected chi connectivity index (χ2v) is 5.19. The Morgan fingerprint density at radius 2 is 2.43 bits per heavy atom. The number of aromatic amines is 1. The number of nitrogens with zero attached hydrogens (tertiary/aromatic N) is 1. The molecule has 14 heavy (non-hydrogen) atoms. The van der Waals surface area contributed by atoms with Crippen LogP contribution in [0.25, 0.3) is 0 Å². The van der Waals surface area contributed by atoms with Crippen LogP contribution in [0.1, 0.15) is 11.4 Å². The van der Waals surface area contributed by atoms with Gasteiger partial charge in [-0.25, -0.2) is 4.98 Å². The zero-order chi connectivity index (χ0) is 9.80. The molecule has 2 aromatic heterocycles. The summed E-state index contributed by atoms with van der Waals surface area (Å²) in [6.45, 7) is 1.66. The number of thiophene rings is 1. The van der Waals surface area contributed by atoms with Gasteiger partial charge in [-0.05, 0) is 32.9 Å². The quantitative estimate of drug-likeness (QED) is 0.897. The van der Waals surface area contributed by atoms with Crippen molar-refractivity contribution in [2.45, 2.75) is 13.1 Å². The number of hydrogen-bond donors (Lipinski definition) is 2. The summed E-state index contributed by atoms with van der Waals surface area (Å²) < 4.78 is 1.17. The van der Waals surface area contributed by atoms with Crippen molar-refractivity contribution >= 4 is 27.3 Å². The summed E-state index contributed by atoms with van der Waals surface area (Å²) in [5.74, 6) is 0.972. The van der Waals surface area contributed by atoms with Crippen LogP contribution in [0.2, 0.25) is 0 Å². The second-order valence-electron chi connectivity index (χ2n) is 2.90. The van der Waals surface area contributed by atoms with E-state index in [0.29, 0.717) is 0 Å². The van der Waals surface area contributed by atoms with Crippen LogP contribution in [0.5, 0.6) is 0 Å². The summed E-state index contributed by atoms with van der Waals surface area (Å²) in [6, 6.07) is 2.12. The number of nitrogens with one attached hydrogen (secondary N) is 2. The predicted octanol–water partition coefficient (Wildman–Crippen LogP) is 2.52. The third-order valence-corrected chi connectivity index (χ3v) is 3.35. The molecule has 0 atom stereocenters. The van der Waals surface area contributed by atoms with Gasteiger partial charge in [-0.15, -0.1) is 11.3 Å². The van der Waals surface area contributed by atoms with Crippen molar-refractivity contribution in [2.75, 3.05) is 0 Å². The van der Waals surface area contributed by atoms with Gasteiger partial charge < -0.3 is 10.3 Å². The molecule has 0 unspecified atom stereocenters. The van der Waals surface area contributed by atoms with Crippen molar-refractivity contribution in [2.24, 2.45) is 0 Å². The molecule has 3 nitrogen and oxygen atoms in total. The van der Waals surface area contributed by atoms with Crippen LogP contribution in [-0.2, 0) is 13.1 Å². The average molecular weight is 272 g/mol. The third-order valence-electron chi connectivity index (χ3n) is 1.80. The first kappa shape index (κ1) is 9.89. The minimum absolute atomic E-state index is 0.778. The standard InChI is InChI=1S/C9H10BrN3S/c10-8-3-7(6-14-8)4-11-5-9-12-1-2-13-9/h1-3,6,11H,4-5H2,(H,12,13). The molecule has 0 aliphatic heterocycles. The smallest absolute Gasteiger partial charge is 0.120 e. The van der Waals surface area contributed by atoms with E-state index < -0.39 is 0 Å². The van der Waals surface area contributed by atoms with E-state index in [2.05, 4.69) is 42.7 Å². The fourth-order valence-electron chi connectivity index (χ4n) is 1.16. The maximum Gasteiger partial charge on any atom is 0.120 e. The maximum atomic E-state index is 4.13. The maximum absolute atomic E-state index is 4.13. The zero-order valence-electron chi connectivity index (χ0n) is 7.46. The average Bonchev–Trinajstić information content (AvgIpc) is 2.77. The molecule has 0 saturated heterocycles. The van der Waals surface area contributed by atoms with Gasteiger partial charge in [0.1, 0.15) is 5.82 Å². The van der Waals surface area contributed by atoms with E-state index in [1.54, 1.807) is 17.5 Å². The van der Waals surface area contributed by atoms with E-state index in [4.69, 9.17) is 0 Å². The fraction of sp³-hybridized carbons (Fsp3) is 0.222. The molecule has 5 heteroatoms. The van der Waals surface area contributed by atoms with Crippen molar-refractivity contribution in [1.82, 2.24) is 15.3 Å². The lowest BCUT2D eigenvalue weighted by atomic mass is 10.3. The Hall–Kier alpha value is -0.650. The van der Waals surface area contributed by atoms with Gasteiger partial charge in [0, 0.05) is 18.9 Å². The van der Waals surface area contributed by atoms with Crippen LogP contribution in [0.15, 0.2) is 27.6 Å². The molecule has 2 aromatic rings. The third kappa shape index (κ3) is 2.67. The molecule has 2 heterocycles. The Kier molecular flexibility index (Phi) is 3.34. The number of rotatable bonds is 4. The zero-order valence-corrected chi connectivity index (χ0v) is 9.86. The molecule has 2 rings (SSSR count). The van der Waals surface area contributed by atoms with E-state index in [9.17, 15) is 0 Å². The van der Waals surface area contributed by atoms with Crippen molar-refractivity contribution in [3.8, 4) is 0 Å². The Morgan fingerprint density at radius 1 is 1.50 bits per heavy atom. The molecular formula is C9H10BrN3S. The molecule has 74 valence electrons. The van der Waals surface area contributed by atoms with Gasteiger partial charge in [0.15, 0.2) is 0 Å². The largest absolute Gasteiger partial charge is 0.348 e. The Bertz CT molecular complexity index is 382. The van der Waals surface area contributed by atoms with Gasteiger partial charge in [-0.3, -0.25) is 0 Å². The lowest BCUT2D eigenvalue weighted by Gasteiger charge is -1.99. The molecule has 0 bridgehead atoms. The van der Waals surface area contributed by atoms with E-state index in [0.717, 1.165) is 18.9 Å². The molecule has 0 saturated carbocycles. The van der Waals surface area contributed by atoms with E-state index in [-0.39, 0.29) is 0 Å². The topological polar surface area (TPSA) is 40.7 Å². The molecular weight excluding hydrogens is 262 g/mol. The van der Waals surface area contributed by atoms with Gasteiger partial charge in [0.05, 0.1) is 10.3 Å². The lowest BCUT2D eigenvalue weighted by Crippen LogP contribution is -2.12. The van der Waals surface area contributed by atoms with Crippen LogP contribution in [0.3, 0.4) is 0 Å². The Labute approximate surface area is 94.7 Å². The van der Waals surface area contributed by atoms with Crippen molar-refractivity contribution in [3.05, 3.63) is 39.0 Å². The minimum Gasteiger partial charge on any atom is -0.348 e. The normalized spacial score (nSPS) is 10.6. The van der Waals surface area contributed by atoms with Crippen molar-refractivity contribution in [3.63, 3.8) is 0 Å². The summed E-state index contributed by atoms with van der Waals surface area (Å²) in [5, 5.41) is 5.45. The van der Waals surface area contributed by atoms with Gasteiger partial charge in [-0.1, -0.05) is 0 Å². The van der Waals surface area contributed by atoms with E-state index >= 15 is 0 Å². The highest BCUT2D eigenvalue weighted by Crippen LogP contribution is 2.20. The van der Waals surface area contributed by atoms with Gasteiger partial charge in [0.2, 0.25) is 0 Å². The van der Waals surface area contributed by atoms with Gasteiger partial charge in [0.25, 0.3) is 0 Å². The highest BCUT2D eigenvalue weighted by atomic mass is 79.9. The lowest BCUT2D eigenvalue weighted by molar-refractivity contribution is 0.670. The number of aromatic nitrogens is 2. The molecule has 2 N–H and O–H groups in total. The first-order chi connectivity index (χ1) is 6.84. The number of halogens is 1. The Balaban J connectivity index is 1.78. The van der Waals surface area contributed by atoms with E-state index in [1.807, 2.05) is 6.20 Å². The SMILES string of the molecule is Brc1cc(CNCc2ncc[nH]2)cs1. The van der Waals surface area contributed by atoms with Crippen molar-refractivity contribution < 1.29 is 0 Å². The first-order valence-corrected chi connectivity index (χ1v) is 5.94. The fourth-order valence-corrected chi connectivity index (χ4v) is 2.37. The molecule has 0 radical (unpaired) electrons. The molecule has 0 amide bonds. The summed E-state index contributed by atoms with van der Waals surface area (Å²) >= 11 is 5.14. The highest BCUT2D eigenvalue weighted by molar-refractivity contribution is 9.11. The summed E-state index contributed by atoms with van der Waals surface area (Å²) in [5.41, 5.74) is 1.30. The monoisotopic (exact) mass is 271 g/mol. The molecule has 0 aliphatic rings. The summed E-state index contributed by atoms with van der Waals surface area (Å²) in [4.78, 5) is 7.18. The van der Waals surface area contributed by atoms with Crippen LogP contribution in [0.4, 0.5) is 0 Å². The van der Waals surface area contributed by atoms with E-state index in [1.165, 1.54) is 9.35 Å². The predicted molar refractivity (Wildman–Crippen MR) is 61.2 cm³/mol. The first-order valence-electron chi connectivity index (χ1n) is 4.26. The number of hydrogen-bond acceptors (Lipinski definition) is 3. The van der Waals surface area contributed by atoms with Gasteiger partial charge in [-0.2, -0.15) is 0 Å². The second kappa shape index (κ2) is 4.72. The molecule has 0 spiro atoms. The van der Waals surface area contributed by atoms with Crippen LogP contribution in [-0.4, -0.2) is 9.97 Å². The summed E-state index contributed by atoms with van der Waals surface area (Å²) in [6.07, 6.45) is 3.59. The van der Waals surface area contributed by atoms with Crippen molar-refractivity contribution in [1.29, 1.82) is 0 Å². The molecule has 0 aliphatic carbocycles.